The van der Waals surface area contributed by atoms with Crippen molar-refractivity contribution in [2.75, 3.05) is 54.7 Å². The van der Waals surface area contributed by atoms with Gasteiger partial charge in [0.15, 0.2) is 5.60 Å². The normalized spacial score (nSPS) is 22.2. The number of nitrogens with one attached hydrogen (secondary N) is 1. The van der Waals surface area contributed by atoms with E-state index in [1.807, 2.05) is 121 Å². The second-order valence-corrected chi connectivity index (χ2v) is 23.5. The minimum absolute atomic E-state index is 0.0633. The fourth-order valence-corrected chi connectivity index (χ4v) is 15.4. The van der Waals surface area contributed by atoms with E-state index in [1.54, 1.807) is 23.0 Å². The van der Waals surface area contributed by atoms with E-state index in [0.717, 1.165) is 40.8 Å². The predicted octanol–water partition coefficient (Wildman–Crippen LogP) is 6.71. The molecule has 3 saturated heterocycles. The zero-order chi connectivity index (χ0) is 47.1. The van der Waals surface area contributed by atoms with Gasteiger partial charge < -0.3 is 34.6 Å². The summed E-state index contributed by atoms with van der Waals surface area (Å²) >= 11 is 0. The Bertz CT molecular complexity index is 2630. The molecule has 0 radical (unpaired) electrons. The Labute approximate surface area is 392 Å². The molecule has 0 saturated carbocycles. The first-order valence-corrected chi connectivity index (χ1v) is 26.2. The van der Waals surface area contributed by atoms with Crippen molar-refractivity contribution < 1.29 is 33.9 Å². The number of amides is 3. The Morgan fingerprint density at radius 2 is 1.57 bits per heavy atom. The monoisotopic (exact) mass is 922 g/mol. The smallest absolute Gasteiger partial charge is 0.269 e. The highest BCUT2D eigenvalue weighted by molar-refractivity contribution is 6.91. The topological polar surface area (TPSA) is 158 Å². The van der Waals surface area contributed by atoms with Crippen molar-refractivity contribution in [3.05, 3.63) is 154 Å². The number of benzene rings is 5. The summed E-state index contributed by atoms with van der Waals surface area (Å²) < 4.78 is 12.7. The number of aliphatic hydroxyl groups excluding tert-OH is 1. The lowest BCUT2D eigenvalue weighted by molar-refractivity contribution is -0.385. The number of ether oxygens (including phenoxy) is 2. The Morgan fingerprint density at radius 3 is 2.21 bits per heavy atom. The number of aliphatic hydroxyl groups is 1. The number of hydrogen-bond donors (Lipinski definition) is 2. The molecule has 2 spiro atoms. The molecule has 0 bridgehead atoms. The number of nitrogens with zero attached hydrogens (tertiary/aromatic N) is 5. The van der Waals surface area contributed by atoms with Gasteiger partial charge >= 0.3 is 0 Å². The van der Waals surface area contributed by atoms with E-state index in [0.29, 0.717) is 36.5 Å². The van der Waals surface area contributed by atoms with Crippen LogP contribution in [0.3, 0.4) is 0 Å². The van der Waals surface area contributed by atoms with Gasteiger partial charge in [-0.25, -0.2) is 0 Å². The van der Waals surface area contributed by atoms with Crippen LogP contribution in [0.2, 0.25) is 18.6 Å². The van der Waals surface area contributed by atoms with Crippen LogP contribution in [0.1, 0.15) is 42.9 Å². The number of non-ortho nitro benzene ring substituents is 1. The van der Waals surface area contributed by atoms with E-state index in [4.69, 9.17) is 9.47 Å². The summed E-state index contributed by atoms with van der Waals surface area (Å²) in [5.74, 6) is -0.334. The summed E-state index contributed by atoms with van der Waals surface area (Å²) in [7, 11) is -1.07. The van der Waals surface area contributed by atoms with E-state index in [1.165, 1.54) is 12.1 Å². The molecule has 67 heavy (non-hydrogen) atoms. The molecule has 5 aromatic carbocycles. The van der Waals surface area contributed by atoms with Crippen molar-refractivity contribution >= 4 is 53.7 Å². The van der Waals surface area contributed by atoms with Gasteiger partial charge in [0, 0.05) is 48.1 Å². The number of methoxy groups -OCH3 is 1. The molecule has 4 atom stereocenters. The quantitative estimate of drug-likeness (QED) is 0.0697. The van der Waals surface area contributed by atoms with Crippen LogP contribution in [0.5, 0.6) is 5.75 Å². The Hall–Kier alpha value is -6.39. The number of piperidine rings is 1. The van der Waals surface area contributed by atoms with Gasteiger partial charge in [-0.15, -0.1) is 0 Å². The van der Waals surface area contributed by atoms with E-state index in [9.17, 15) is 24.8 Å². The Morgan fingerprint density at radius 1 is 0.896 bits per heavy atom. The molecule has 14 nitrogen and oxygen atoms in total. The molecule has 0 unspecified atom stereocenters. The highest BCUT2D eigenvalue weighted by Gasteiger charge is 2.67. The highest BCUT2D eigenvalue weighted by Crippen LogP contribution is 2.60. The largest absolute Gasteiger partial charge is 0.497 e. The SMILES string of the molecule is COc1ccc([Si](C)(C)[C@@H]2[C@@H](CC(=O)N(CCO)Cc3ccccc3)O[C@]3(C(=O)N(Cc4ccc(N5CN(c6ccccc6)C6(CCNCC6)C5=O)cc4)c4ccc([N+](=O)[O-])cc43)[C@H]2C)cc1. The molecule has 348 valence electrons. The Kier molecular flexibility index (Phi) is 12.5. The van der Waals surface area contributed by atoms with E-state index in [-0.39, 0.29) is 61.6 Å². The van der Waals surface area contributed by atoms with E-state index >= 15 is 4.79 Å². The van der Waals surface area contributed by atoms with Gasteiger partial charge in [0.25, 0.3) is 17.5 Å². The number of anilines is 3. The molecule has 0 aromatic heterocycles. The third-order valence-corrected chi connectivity index (χ3v) is 19.2. The zero-order valence-corrected chi connectivity index (χ0v) is 39.5. The average Bonchev–Trinajstić information content (AvgIpc) is 3.89. The summed E-state index contributed by atoms with van der Waals surface area (Å²) in [5.41, 5.74) is 1.58. The minimum atomic E-state index is -2.69. The molecule has 5 aromatic rings. The van der Waals surface area contributed by atoms with Crippen LogP contribution in [0.25, 0.3) is 0 Å². The number of carbonyl (C=O) groups is 3. The van der Waals surface area contributed by atoms with Crippen molar-refractivity contribution in [1.29, 1.82) is 0 Å². The lowest BCUT2D eigenvalue weighted by Crippen LogP contribution is -2.55. The molecule has 9 rings (SSSR count). The maximum Gasteiger partial charge on any atom is 0.269 e. The van der Waals surface area contributed by atoms with Crippen molar-refractivity contribution in [1.82, 2.24) is 10.2 Å². The fraction of sp³-hybridized carbons (Fsp3) is 0.365. The van der Waals surface area contributed by atoms with Crippen LogP contribution in [0.4, 0.5) is 22.7 Å². The van der Waals surface area contributed by atoms with Crippen LogP contribution in [-0.2, 0) is 37.8 Å². The standard InChI is InChI=1S/C52H58N6O8Si/c1-36-48(67(3,4)43-22-20-42(65-2)21-23-43)46(32-47(60)54(29-30-59)33-37-11-7-5-8-12-37)66-52(36)44-31-41(58(63)64)19-24-45(44)55(50(52)62)34-38-15-17-39(18-16-38)56-35-57(40-13-9-6-10-14-40)51(49(56)61)25-27-53-28-26-51/h5-24,31,36,46,48,53,59H,25-30,32-35H2,1-4H3/t36-,46+,48-,52+/m0/s1. The van der Waals surface area contributed by atoms with Gasteiger partial charge in [-0.3, -0.25) is 29.4 Å². The van der Waals surface area contributed by atoms with Gasteiger partial charge in [-0.2, -0.15) is 0 Å². The molecule has 4 heterocycles. The molecule has 4 aliphatic heterocycles. The lowest BCUT2D eigenvalue weighted by atomic mass is 9.82. The van der Waals surface area contributed by atoms with Crippen LogP contribution in [0, 0.1) is 16.0 Å². The fourth-order valence-electron chi connectivity index (χ4n) is 11.4. The molecule has 3 fully saturated rings. The number of nitro groups is 1. The van der Waals surface area contributed by atoms with Gasteiger partial charge in [-0.1, -0.05) is 98.0 Å². The summed E-state index contributed by atoms with van der Waals surface area (Å²) in [6.07, 6.45) is 0.562. The van der Waals surface area contributed by atoms with Gasteiger partial charge in [0.05, 0.1) is 58.1 Å². The van der Waals surface area contributed by atoms with Gasteiger partial charge in [0.2, 0.25) is 5.91 Å². The number of nitro benzene ring substituents is 1. The zero-order valence-electron chi connectivity index (χ0n) is 38.5. The molecular formula is C52H58N6O8Si. The number of hydrogen-bond acceptors (Lipinski definition) is 10. The predicted molar refractivity (Wildman–Crippen MR) is 260 cm³/mol. The van der Waals surface area contributed by atoms with Crippen LogP contribution in [-0.4, -0.2) is 92.4 Å². The van der Waals surface area contributed by atoms with Crippen molar-refractivity contribution in [2.24, 2.45) is 5.92 Å². The second-order valence-electron chi connectivity index (χ2n) is 18.8. The van der Waals surface area contributed by atoms with E-state index < -0.39 is 36.2 Å². The van der Waals surface area contributed by atoms with Crippen molar-refractivity contribution in [3.8, 4) is 5.75 Å². The summed E-state index contributed by atoms with van der Waals surface area (Å²) in [5, 5.41) is 27.0. The van der Waals surface area contributed by atoms with Crippen LogP contribution < -0.4 is 29.9 Å². The number of carbonyl (C=O) groups excluding carboxylic acids is 3. The first-order valence-electron chi connectivity index (χ1n) is 23.1. The average molecular weight is 923 g/mol. The van der Waals surface area contributed by atoms with Crippen LogP contribution in [0.15, 0.2) is 127 Å². The summed E-state index contributed by atoms with van der Waals surface area (Å²) in [6.45, 7) is 8.62. The third-order valence-electron chi connectivity index (χ3n) is 14.9. The lowest BCUT2D eigenvalue weighted by Gasteiger charge is -2.39. The second kappa shape index (κ2) is 18.4. The summed E-state index contributed by atoms with van der Waals surface area (Å²) in [4.78, 5) is 63.8. The van der Waals surface area contributed by atoms with Gasteiger partial charge in [-0.05, 0) is 85.1 Å². The molecule has 2 N–H and O–H groups in total. The molecule has 0 aliphatic carbocycles. The maximum absolute atomic E-state index is 15.6. The van der Waals surface area contributed by atoms with E-state index in [2.05, 4.69) is 23.3 Å². The first-order chi connectivity index (χ1) is 32.3. The molecular weight excluding hydrogens is 865 g/mol. The van der Waals surface area contributed by atoms with Gasteiger partial charge in [0.1, 0.15) is 11.3 Å². The molecule has 3 amide bonds. The number of rotatable bonds is 14. The first kappa shape index (κ1) is 45.7. The highest BCUT2D eigenvalue weighted by atomic mass is 28.3. The Balaban J connectivity index is 1.06. The van der Waals surface area contributed by atoms with Crippen molar-refractivity contribution in [2.45, 2.75) is 75.2 Å². The number of para-hydroxylation sites is 1. The van der Waals surface area contributed by atoms with Crippen molar-refractivity contribution in [3.63, 3.8) is 0 Å². The number of fused-ring (bicyclic) bond motifs is 2. The summed E-state index contributed by atoms with van der Waals surface area (Å²) in [6, 6.07) is 39.8. The molecule has 4 aliphatic rings. The molecule has 15 heteroatoms. The van der Waals surface area contributed by atoms with Crippen LogP contribution >= 0.6 is 0 Å². The maximum atomic E-state index is 15.6. The minimum Gasteiger partial charge on any atom is -0.497 e. The third kappa shape index (κ3) is 8.07.